The maximum absolute atomic E-state index is 12.8. The van der Waals surface area contributed by atoms with Crippen molar-refractivity contribution < 1.29 is 26.3 Å². The highest BCUT2D eigenvalue weighted by atomic mass is 35.5. The van der Waals surface area contributed by atoms with Crippen molar-refractivity contribution >= 4 is 46.4 Å². The van der Waals surface area contributed by atoms with Gasteiger partial charge in [0.15, 0.2) is 0 Å². The van der Waals surface area contributed by atoms with Crippen LogP contribution in [0.25, 0.3) is 0 Å². The van der Waals surface area contributed by atoms with Crippen LogP contribution in [0, 0.1) is 0 Å². The predicted octanol–water partition coefficient (Wildman–Crippen LogP) is 4.25. The van der Waals surface area contributed by atoms with Gasteiger partial charge in [-0.15, -0.1) is 0 Å². The molecule has 0 N–H and O–H groups in total. The summed E-state index contributed by atoms with van der Waals surface area (Å²) in [5, 5.41) is 0. The quantitative estimate of drug-likeness (QED) is 0.463. The first-order chi connectivity index (χ1) is 6.25. The number of rotatable bonds is 0. The lowest BCUT2D eigenvalue weighted by atomic mass is 10.2. The molecule has 0 atom stereocenters. The summed E-state index contributed by atoms with van der Waals surface area (Å²) in [7, 11) is 0. The maximum Gasteiger partial charge on any atom is 0.378 e. The standard InChI is InChI=1S/C5Cl4F6/c6-1(7)2(8,9)4(12,13)5(14,15)3(1,10)11. The molecular weight excluding hydrogens is 316 g/mol. The molecule has 0 radical (unpaired) electrons. The summed E-state index contributed by atoms with van der Waals surface area (Å²) in [6, 6.07) is 0. The zero-order valence-electron chi connectivity index (χ0n) is 6.28. The fraction of sp³-hybridized carbons (Fsp3) is 1.00. The highest BCUT2D eigenvalue weighted by molar-refractivity contribution is 6.64. The molecule has 1 fully saturated rings. The van der Waals surface area contributed by atoms with Crippen molar-refractivity contribution in [1.29, 1.82) is 0 Å². The van der Waals surface area contributed by atoms with E-state index in [0.29, 0.717) is 0 Å². The molecule has 1 saturated carbocycles. The van der Waals surface area contributed by atoms with Gasteiger partial charge in [0.25, 0.3) is 0 Å². The molecule has 0 nitrogen and oxygen atoms in total. The van der Waals surface area contributed by atoms with Crippen molar-refractivity contribution in [3.05, 3.63) is 0 Å². The molecule has 0 spiro atoms. The molecule has 1 rings (SSSR count). The van der Waals surface area contributed by atoms with Crippen molar-refractivity contribution in [2.75, 3.05) is 0 Å². The predicted molar refractivity (Wildman–Crippen MR) is 43.7 cm³/mol. The molecule has 0 aliphatic heterocycles. The van der Waals surface area contributed by atoms with Gasteiger partial charge in [-0.25, -0.2) is 0 Å². The van der Waals surface area contributed by atoms with Crippen molar-refractivity contribution in [2.24, 2.45) is 0 Å². The number of alkyl halides is 10. The van der Waals surface area contributed by atoms with E-state index in [2.05, 4.69) is 0 Å². The van der Waals surface area contributed by atoms with Crippen LogP contribution in [0.2, 0.25) is 0 Å². The van der Waals surface area contributed by atoms with E-state index in [4.69, 9.17) is 46.4 Å². The third kappa shape index (κ3) is 1.14. The Kier molecular flexibility index (Phi) is 2.71. The molecule has 0 heterocycles. The Morgan fingerprint density at radius 3 is 0.733 bits per heavy atom. The Bertz CT molecular complexity index is 208. The molecule has 0 aromatic heterocycles. The molecule has 15 heavy (non-hydrogen) atoms. The van der Waals surface area contributed by atoms with E-state index in [9.17, 15) is 26.3 Å². The summed E-state index contributed by atoms with van der Waals surface area (Å²) >= 11 is 18.8. The molecule has 90 valence electrons. The minimum absolute atomic E-state index is 4.00. The monoisotopic (exact) mass is 314 g/mol. The van der Waals surface area contributed by atoms with Gasteiger partial charge >= 0.3 is 17.8 Å². The van der Waals surface area contributed by atoms with E-state index < -0.39 is 26.4 Å². The first-order valence-corrected chi connectivity index (χ1v) is 4.65. The van der Waals surface area contributed by atoms with E-state index in [0.717, 1.165) is 0 Å². The summed E-state index contributed by atoms with van der Waals surface area (Å²) in [5.74, 6) is -16.8. The Morgan fingerprint density at radius 1 is 0.467 bits per heavy atom. The number of hydrogen-bond acceptors (Lipinski definition) is 0. The van der Waals surface area contributed by atoms with Gasteiger partial charge < -0.3 is 0 Å². The first kappa shape index (κ1) is 13.8. The van der Waals surface area contributed by atoms with E-state index in [-0.39, 0.29) is 0 Å². The van der Waals surface area contributed by atoms with Crippen molar-refractivity contribution in [3.8, 4) is 0 Å². The molecule has 0 aromatic carbocycles. The zero-order chi connectivity index (χ0) is 12.5. The van der Waals surface area contributed by atoms with Crippen LogP contribution in [-0.2, 0) is 0 Å². The minimum atomic E-state index is -5.84. The summed E-state index contributed by atoms with van der Waals surface area (Å²) in [5.41, 5.74) is 0. The Labute approximate surface area is 99.4 Å². The lowest BCUT2D eigenvalue weighted by Gasteiger charge is -2.28. The van der Waals surface area contributed by atoms with E-state index >= 15 is 0 Å². The zero-order valence-corrected chi connectivity index (χ0v) is 9.30. The van der Waals surface area contributed by atoms with Crippen LogP contribution in [0.15, 0.2) is 0 Å². The molecule has 0 saturated heterocycles. The molecule has 0 unspecified atom stereocenters. The number of halogens is 10. The van der Waals surface area contributed by atoms with Gasteiger partial charge in [0.2, 0.25) is 8.67 Å². The van der Waals surface area contributed by atoms with Crippen LogP contribution < -0.4 is 0 Å². The first-order valence-electron chi connectivity index (χ1n) is 3.14. The van der Waals surface area contributed by atoms with Crippen LogP contribution in [0.3, 0.4) is 0 Å². The third-order valence-electron chi connectivity index (χ3n) is 1.97. The van der Waals surface area contributed by atoms with Crippen LogP contribution in [-0.4, -0.2) is 26.4 Å². The molecule has 1 aliphatic rings. The molecule has 10 heteroatoms. The summed E-state index contributed by atoms with van der Waals surface area (Å²) in [6.45, 7) is 0. The highest BCUT2D eigenvalue weighted by Gasteiger charge is 2.96. The van der Waals surface area contributed by atoms with Gasteiger partial charge in [-0.3, -0.25) is 0 Å². The van der Waals surface area contributed by atoms with E-state index in [1.807, 2.05) is 0 Å². The van der Waals surface area contributed by atoms with Gasteiger partial charge in [0, 0.05) is 0 Å². The highest BCUT2D eigenvalue weighted by Crippen LogP contribution is 2.72. The van der Waals surface area contributed by atoms with Gasteiger partial charge in [-0.05, 0) is 0 Å². The lowest BCUT2D eigenvalue weighted by molar-refractivity contribution is -0.272. The molecule has 0 aromatic rings. The summed E-state index contributed by atoms with van der Waals surface area (Å²) in [6.07, 6.45) is 0. The fourth-order valence-corrected chi connectivity index (χ4v) is 1.94. The molecule has 1 aliphatic carbocycles. The number of hydrogen-bond donors (Lipinski definition) is 0. The van der Waals surface area contributed by atoms with Gasteiger partial charge in [0.05, 0.1) is 0 Å². The lowest BCUT2D eigenvalue weighted by Crippen LogP contribution is -2.50. The Morgan fingerprint density at radius 2 is 0.667 bits per heavy atom. The largest absolute Gasteiger partial charge is 0.378 e. The average molecular weight is 316 g/mol. The summed E-state index contributed by atoms with van der Waals surface area (Å²) in [4.78, 5) is 0. The van der Waals surface area contributed by atoms with Gasteiger partial charge in [-0.2, -0.15) is 26.3 Å². The van der Waals surface area contributed by atoms with Crippen LogP contribution in [0.5, 0.6) is 0 Å². The molecule has 0 amide bonds. The molecule has 0 bridgehead atoms. The smallest absolute Gasteiger partial charge is 0.196 e. The summed E-state index contributed by atoms with van der Waals surface area (Å²) < 4.78 is 68.6. The van der Waals surface area contributed by atoms with E-state index in [1.165, 1.54) is 0 Å². The van der Waals surface area contributed by atoms with Crippen molar-refractivity contribution in [3.63, 3.8) is 0 Å². The van der Waals surface area contributed by atoms with E-state index in [1.54, 1.807) is 0 Å². The Balaban J connectivity index is 3.55. The Hall–Kier alpha value is 0.740. The normalized spacial score (nSPS) is 34.0. The van der Waals surface area contributed by atoms with Gasteiger partial charge in [0.1, 0.15) is 0 Å². The average Bonchev–Trinajstić information content (AvgIpc) is 2.04. The van der Waals surface area contributed by atoms with Gasteiger partial charge in [-0.1, -0.05) is 46.4 Å². The van der Waals surface area contributed by atoms with Crippen molar-refractivity contribution in [1.82, 2.24) is 0 Å². The minimum Gasteiger partial charge on any atom is -0.196 e. The maximum atomic E-state index is 12.8. The molecular formula is C5Cl4F6. The third-order valence-corrected chi connectivity index (χ3v) is 4.44. The van der Waals surface area contributed by atoms with Crippen LogP contribution >= 0.6 is 46.4 Å². The second-order valence-electron chi connectivity index (χ2n) is 2.87. The van der Waals surface area contributed by atoms with Crippen LogP contribution in [0.4, 0.5) is 26.3 Å². The van der Waals surface area contributed by atoms with Crippen LogP contribution in [0.1, 0.15) is 0 Å². The fourth-order valence-electron chi connectivity index (χ4n) is 0.986. The van der Waals surface area contributed by atoms with Crippen molar-refractivity contribution in [2.45, 2.75) is 26.4 Å². The second kappa shape index (κ2) is 2.94. The topological polar surface area (TPSA) is 0 Å². The SMILES string of the molecule is FC1(F)C(F)(F)C(Cl)(Cl)C(Cl)(Cl)C1(F)F. The second-order valence-corrected chi connectivity index (χ2v) is 5.53.